The summed E-state index contributed by atoms with van der Waals surface area (Å²) < 4.78 is 22.2. The summed E-state index contributed by atoms with van der Waals surface area (Å²) in [7, 11) is 0. The summed E-state index contributed by atoms with van der Waals surface area (Å²) in [4.78, 5) is 25.4. The average molecular weight is 839 g/mol. The first-order chi connectivity index (χ1) is 28.8. The highest BCUT2D eigenvalue weighted by Crippen LogP contribution is 2.23. The molecule has 6 unspecified atom stereocenters. The number of rotatable bonds is 41. The molecule has 0 aromatic carbocycles. The number of carbonyl (C=O) groups is 2. The Morgan fingerprint density at radius 2 is 0.949 bits per heavy atom. The van der Waals surface area contributed by atoms with Crippen LogP contribution in [0.1, 0.15) is 219 Å². The van der Waals surface area contributed by atoms with Crippen LogP contribution in [0.25, 0.3) is 0 Å². The third-order valence-corrected chi connectivity index (χ3v) is 11.3. The van der Waals surface area contributed by atoms with Gasteiger partial charge in [-0.15, -0.1) is 0 Å². The summed E-state index contributed by atoms with van der Waals surface area (Å²) in [5.74, 6) is -0.812. The first kappa shape index (κ1) is 55.2. The zero-order valence-electron chi connectivity index (χ0n) is 37.8. The lowest BCUT2D eigenvalue weighted by Gasteiger charge is -2.39. The lowest BCUT2D eigenvalue weighted by Crippen LogP contribution is -2.59. The van der Waals surface area contributed by atoms with E-state index >= 15 is 0 Å². The zero-order valence-corrected chi connectivity index (χ0v) is 37.8. The van der Waals surface area contributed by atoms with Gasteiger partial charge < -0.3 is 39.4 Å². The molecule has 6 atom stereocenters. The molecule has 1 heterocycles. The molecule has 0 spiro atoms. The maximum Gasteiger partial charge on any atom is 0.306 e. The Bertz CT molecular complexity index is 1020. The largest absolute Gasteiger partial charge is 0.462 e. The van der Waals surface area contributed by atoms with Crippen molar-refractivity contribution in [1.29, 1.82) is 0 Å². The zero-order chi connectivity index (χ0) is 43.0. The van der Waals surface area contributed by atoms with Gasteiger partial charge in [0.1, 0.15) is 31.0 Å². The molecule has 1 saturated heterocycles. The van der Waals surface area contributed by atoms with Gasteiger partial charge >= 0.3 is 11.9 Å². The fourth-order valence-corrected chi connectivity index (χ4v) is 7.45. The predicted molar refractivity (Wildman–Crippen MR) is 238 cm³/mol. The van der Waals surface area contributed by atoms with Gasteiger partial charge in [0.05, 0.1) is 13.2 Å². The summed E-state index contributed by atoms with van der Waals surface area (Å²) in [5.41, 5.74) is 0. The van der Waals surface area contributed by atoms with Crippen molar-refractivity contribution >= 4 is 11.9 Å². The molecule has 59 heavy (non-hydrogen) atoms. The predicted octanol–water partition coefficient (Wildman–Crippen LogP) is 10.9. The molecule has 0 amide bonds. The van der Waals surface area contributed by atoms with Crippen LogP contribution in [0.3, 0.4) is 0 Å². The smallest absolute Gasteiger partial charge is 0.306 e. The Kier molecular flexibility index (Phi) is 37.7. The highest BCUT2D eigenvalue weighted by Gasteiger charge is 2.44. The highest BCUT2D eigenvalue weighted by molar-refractivity contribution is 5.70. The van der Waals surface area contributed by atoms with Crippen molar-refractivity contribution in [2.24, 2.45) is 0 Å². The van der Waals surface area contributed by atoms with Gasteiger partial charge in [0.25, 0.3) is 0 Å². The standard InChI is InChI=1S/C49H90O10/c1-3-5-7-9-11-13-15-17-19-21-22-24-25-27-29-31-33-35-37-44(51)56-40-42(41-57-49-48(55)47(54)46(53)43(39-50)59-49)58-45(52)38-36-34-32-30-28-26-23-20-18-16-14-12-10-8-6-4-2/h14,16,20,23,42-43,46-50,53-55H,3-13,15,17-19,21-22,24-41H2,1-2H3/b16-14-,23-20-. The summed E-state index contributed by atoms with van der Waals surface area (Å²) >= 11 is 0. The second-order valence-electron chi connectivity index (χ2n) is 16.9. The summed E-state index contributed by atoms with van der Waals surface area (Å²) in [6.07, 6.45) is 37.5. The van der Waals surface area contributed by atoms with Gasteiger partial charge in [0.2, 0.25) is 0 Å². The SMILES string of the molecule is CCCCCC/C=C\C/C=C\CCCCCCCC(=O)OC(COC(=O)CCCCCCCCCCCCCCCCCCCC)COC1OC(CO)C(O)C(O)C1O. The van der Waals surface area contributed by atoms with Crippen LogP contribution in [0, 0.1) is 0 Å². The van der Waals surface area contributed by atoms with Crippen molar-refractivity contribution in [2.45, 2.75) is 256 Å². The van der Waals surface area contributed by atoms with Crippen molar-refractivity contribution < 1.29 is 49.0 Å². The van der Waals surface area contributed by atoms with Gasteiger partial charge in [-0.2, -0.15) is 0 Å². The van der Waals surface area contributed by atoms with E-state index in [2.05, 4.69) is 38.2 Å². The van der Waals surface area contributed by atoms with E-state index < -0.39 is 49.4 Å². The van der Waals surface area contributed by atoms with Crippen LogP contribution in [0.15, 0.2) is 24.3 Å². The Hall–Kier alpha value is -1.82. The number of unbranched alkanes of at least 4 members (excludes halogenated alkanes) is 26. The molecule has 1 aliphatic rings. The van der Waals surface area contributed by atoms with Crippen LogP contribution >= 0.6 is 0 Å². The van der Waals surface area contributed by atoms with Crippen molar-refractivity contribution in [2.75, 3.05) is 19.8 Å². The number of ether oxygens (including phenoxy) is 4. The molecule has 1 aliphatic heterocycles. The second-order valence-corrected chi connectivity index (χ2v) is 16.9. The molecular formula is C49H90O10. The highest BCUT2D eigenvalue weighted by atomic mass is 16.7. The fourth-order valence-electron chi connectivity index (χ4n) is 7.45. The number of carbonyl (C=O) groups excluding carboxylic acids is 2. The van der Waals surface area contributed by atoms with Crippen molar-refractivity contribution in [3.05, 3.63) is 24.3 Å². The molecule has 4 N–H and O–H groups in total. The monoisotopic (exact) mass is 839 g/mol. The molecule has 10 heteroatoms. The lowest BCUT2D eigenvalue weighted by molar-refractivity contribution is -0.305. The van der Waals surface area contributed by atoms with E-state index in [4.69, 9.17) is 18.9 Å². The minimum Gasteiger partial charge on any atom is -0.462 e. The van der Waals surface area contributed by atoms with Gasteiger partial charge in [-0.3, -0.25) is 9.59 Å². The number of hydrogen-bond donors (Lipinski definition) is 4. The number of esters is 2. The minimum atomic E-state index is -1.60. The quantitative estimate of drug-likeness (QED) is 0.0266. The number of aliphatic hydroxyl groups excluding tert-OH is 4. The molecular weight excluding hydrogens is 749 g/mol. The van der Waals surface area contributed by atoms with Crippen LogP contribution in [-0.2, 0) is 28.5 Å². The van der Waals surface area contributed by atoms with Crippen LogP contribution in [0.4, 0.5) is 0 Å². The van der Waals surface area contributed by atoms with Gasteiger partial charge in [-0.1, -0.05) is 186 Å². The van der Waals surface area contributed by atoms with E-state index in [0.717, 1.165) is 57.8 Å². The normalized spacial score (nSPS) is 20.1. The van der Waals surface area contributed by atoms with E-state index in [1.54, 1.807) is 0 Å². The van der Waals surface area contributed by atoms with Crippen LogP contribution in [0.5, 0.6) is 0 Å². The van der Waals surface area contributed by atoms with Crippen LogP contribution in [0.2, 0.25) is 0 Å². The third-order valence-electron chi connectivity index (χ3n) is 11.3. The molecule has 1 rings (SSSR count). The number of aliphatic hydroxyl groups is 4. The molecule has 1 fully saturated rings. The van der Waals surface area contributed by atoms with E-state index in [1.807, 2.05) is 0 Å². The average Bonchev–Trinajstić information content (AvgIpc) is 3.23. The van der Waals surface area contributed by atoms with E-state index in [0.29, 0.717) is 6.42 Å². The first-order valence-corrected chi connectivity index (χ1v) is 24.4. The molecule has 0 aliphatic carbocycles. The van der Waals surface area contributed by atoms with Crippen LogP contribution < -0.4 is 0 Å². The molecule has 0 radical (unpaired) electrons. The lowest BCUT2D eigenvalue weighted by atomic mass is 9.99. The van der Waals surface area contributed by atoms with Gasteiger partial charge in [-0.25, -0.2) is 0 Å². The molecule has 10 nitrogen and oxygen atoms in total. The molecule has 0 aromatic heterocycles. The molecule has 346 valence electrons. The topological polar surface area (TPSA) is 152 Å². The third kappa shape index (κ3) is 31.7. The van der Waals surface area contributed by atoms with Gasteiger partial charge in [0, 0.05) is 12.8 Å². The molecule has 0 bridgehead atoms. The maximum absolute atomic E-state index is 12.8. The van der Waals surface area contributed by atoms with E-state index in [-0.39, 0.29) is 32.0 Å². The van der Waals surface area contributed by atoms with Gasteiger partial charge in [0.15, 0.2) is 12.4 Å². The van der Waals surface area contributed by atoms with Crippen molar-refractivity contribution in [3.63, 3.8) is 0 Å². The second kappa shape index (κ2) is 40.3. The Labute approximate surface area is 360 Å². The number of allylic oxidation sites excluding steroid dienone is 4. The maximum atomic E-state index is 12.8. The van der Waals surface area contributed by atoms with Crippen LogP contribution in [-0.4, -0.2) is 89.0 Å². The molecule has 0 aromatic rings. The minimum absolute atomic E-state index is 0.217. The molecule has 0 saturated carbocycles. The fraction of sp³-hybridized carbons (Fsp3) is 0.878. The first-order valence-electron chi connectivity index (χ1n) is 24.4. The summed E-state index contributed by atoms with van der Waals surface area (Å²) in [6, 6.07) is 0. The van der Waals surface area contributed by atoms with Gasteiger partial charge in [-0.05, 0) is 44.9 Å². The van der Waals surface area contributed by atoms with Crippen molar-refractivity contribution in [1.82, 2.24) is 0 Å². The Morgan fingerprint density at radius 3 is 1.42 bits per heavy atom. The Morgan fingerprint density at radius 1 is 0.525 bits per heavy atom. The van der Waals surface area contributed by atoms with E-state index in [9.17, 15) is 30.0 Å². The summed E-state index contributed by atoms with van der Waals surface area (Å²) in [6.45, 7) is 3.42. The Balaban J connectivity index is 2.29. The summed E-state index contributed by atoms with van der Waals surface area (Å²) in [5, 5.41) is 40.1. The van der Waals surface area contributed by atoms with Crippen molar-refractivity contribution in [3.8, 4) is 0 Å². The number of hydrogen-bond acceptors (Lipinski definition) is 10. The van der Waals surface area contributed by atoms with E-state index in [1.165, 1.54) is 128 Å².